The Morgan fingerprint density at radius 2 is 2.00 bits per heavy atom. The van der Waals surface area contributed by atoms with Gasteiger partial charge in [0.2, 0.25) is 0 Å². The zero-order valence-electron chi connectivity index (χ0n) is 13.5. The van der Waals surface area contributed by atoms with Crippen LogP contribution in [-0.2, 0) is 0 Å². The molecule has 0 aromatic heterocycles. The largest absolute Gasteiger partial charge is 0.497 e. The summed E-state index contributed by atoms with van der Waals surface area (Å²) in [6.07, 6.45) is 0. The average Bonchev–Trinajstić information content (AvgIpc) is 3.10. The first-order valence-corrected chi connectivity index (χ1v) is 8.59. The molecule has 0 unspecified atom stereocenters. The molecule has 1 aliphatic heterocycles. The summed E-state index contributed by atoms with van der Waals surface area (Å²) in [6.45, 7) is 0.567. The number of amides is 1. The van der Waals surface area contributed by atoms with Crippen molar-refractivity contribution < 1.29 is 18.7 Å². The molecular weight excluding hydrogens is 329 g/mol. The van der Waals surface area contributed by atoms with E-state index < -0.39 is 0 Å². The second-order valence-corrected chi connectivity index (χ2v) is 6.50. The van der Waals surface area contributed by atoms with Gasteiger partial charge in [-0.25, -0.2) is 4.39 Å². The molecule has 0 radical (unpaired) electrons. The minimum Gasteiger partial charge on any atom is -0.497 e. The van der Waals surface area contributed by atoms with Gasteiger partial charge in [-0.1, -0.05) is 18.2 Å². The lowest BCUT2D eigenvalue weighted by atomic mass is 10.1. The van der Waals surface area contributed by atoms with Crippen molar-refractivity contribution in [3.63, 3.8) is 0 Å². The second kappa shape index (κ2) is 7.13. The normalized spacial score (nSPS) is 17.0. The monoisotopic (exact) mass is 347 g/mol. The fourth-order valence-corrected chi connectivity index (χ4v) is 4.02. The van der Waals surface area contributed by atoms with Crippen LogP contribution in [0.2, 0.25) is 0 Å². The van der Waals surface area contributed by atoms with Crippen LogP contribution >= 0.6 is 11.8 Å². The van der Waals surface area contributed by atoms with Gasteiger partial charge >= 0.3 is 0 Å². The molecule has 0 spiro atoms. The molecule has 0 bridgehead atoms. The highest BCUT2D eigenvalue weighted by atomic mass is 32.2. The predicted molar refractivity (Wildman–Crippen MR) is 92.2 cm³/mol. The number of benzene rings is 2. The molecule has 1 amide bonds. The highest BCUT2D eigenvalue weighted by Crippen LogP contribution is 2.40. The van der Waals surface area contributed by atoms with Crippen molar-refractivity contribution in [2.45, 2.75) is 5.37 Å². The number of carbonyl (C=O) groups excluding carboxylic acids is 1. The molecule has 126 valence electrons. The molecule has 1 aliphatic rings. The van der Waals surface area contributed by atoms with Crippen molar-refractivity contribution in [2.75, 3.05) is 26.5 Å². The molecule has 0 aliphatic carbocycles. The van der Waals surface area contributed by atoms with Crippen molar-refractivity contribution in [1.82, 2.24) is 4.90 Å². The average molecular weight is 347 g/mol. The minimum atomic E-state index is -0.328. The zero-order valence-corrected chi connectivity index (χ0v) is 14.3. The number of thioether (sulfide) groups is 1. The number of hydrogen-bond donors (Lipinski definition) is 0. The third kappa shape index (κ3) is 3.06. The highest BCUT2D eigenvalue weighted by Gasteiger charge is 2.34. The molecule has 4 nitrogen and oxygen atoms in total. The molecule has 2 aromatic rings. The van der Waals surface area contributed by atoms with Crippen LogP contribution in [0.5, 0.6) is 11.5 Å². The molecule has 1 saturated heterocycles. The minimum absolute atomic E-state index is 0.173. The standard InChI is InChI=1S/C18H18FNO3S/c1-22-12-7-8-14(16(11-12)23-2)17(21)20-9-10-24-18(20)13-5-3-4-6-15(13)19/h3-8,11,18H,9-10H2,1-2H3/t18-/m1/s1. The lowest BCUT2D eigenvalue weighted by Crippen LogP contribution is -2.31. The van der Waals surface area contributed by atoms with Crippen molar-refractivity contribution in [3.8, 4) is 11.5 Å². The molecule has 1 fully saturated rings. The Kier molecular flexibility index (Phi) is 4.94. The lowest BCUT2D eigenvalue weighted by Gasteiger charge is -2.25. The maximum absolute atomic E-state index is 14.1. The molecule has 0 N–H and O–H groups in total. The number of hydrogen-bond acceptors (Lipinski definition) is 4. The smallest absolute Gasteiger partial charge is 0.258 e. The summed E-state index contributed by atoms with van der Waals surface area (Å²) < 4.78 is 24.6. The van der Waals surface area contributed by atoms with E-state index in [1.807, 2.05) is 0 Å². The number of methoxy groups -OCH3 is 2. The van der Waals surface area contributed by atoms with Crippen molar-refractivity contribution in [3.05, 3.63) is 59.4 Å². The number of nitrogens with zero attached hydrogens (tertiary/aromatic N) is 1. The van der Waals surface area contributed by atoms with Gasteiger partial charge in [0.05, 0.1) is 19.8 Å². The summed E-state index contributed by atoms with van der Waals surface area (Å²) in [5.74, 6) is 1.36. The summed E-state index contributed by atoms with van der Waals surface area (Å²) in [6, 6.07) is 11.7. The summed E-state index contributed by atoms with van der Waals surface area (Å²) in [5.41, 5.74) is 0.975. The van der Waals surface area contributed by atoms with E-state index in [-0.39, 0.29) is 17.1 Å². The Hall–Kier alpha value is -2.21. The van der Waals surface area contributed by atoms with E-state index in [1.165, 1.54) is 13.2 Å². The van der Waals surface area contributed by atoms with E-state index in [4.69, 9.17) is 9.47 Å². The van der Waals surface area contributed by atoms with Gasteiger partial charge in [0.15, 0.2) is 0 Å². The molecule has 2 aromatic carbocycles. The Bertz CT molecular complexity index is 753. The van der Waals surface area contributed by atoms with E-state index in [0.29, 0.717) is 29.2 Å². The Morgan fingerprint density at radius 3 is 2.71 bits per heavy atom. The van der Waals surface area contributed by atoms with E-state index in [9.17, 15) is 9.18 Å². The number of carbonyl (C=O) groups is 1. The van der Waals surface area contributed by atoms with E-state index >= 15 is 0 Å². The van der Waals surface area contributed by atoms with Gasteiger partial charge in [-0.2, -0.15) is 0 Å². The summed E-state index contributed by atoms with van der Waals surface area (Å²) in [7, 11) is 3.07. The van der Waals surface area contributed by atoms with Crippen LogP contribution in [0.3, 0.4) is 0 Å². The van der Waals surface area contributed by atoms with Gasteiger partial charge in [-0.05, 0) is 18.2 Å². The van der Waals surface area contributed by atoms with Crippen LogP contribution in [0.15, 0.2) is 42.5 Å². The van der Waals surface area contributed by atoms with Crippen molar-refractivity contribution in [1.29, 1.82) is 0 Å². The maximum Gasteiger partial charge on any atom is 0.258 e. The van der Waals surface area contributed by atoms with Crippen LogP contribution < -0.4 is 9.47 Å². The predicted octanol–water partition coefficient (Wildman–Crippen LogP) is 3.73. The Morgan fingerprint density at radius 1 is 1.21 bits per heavy atom. The molecule has 3 rings (SSSR count). The number of rotatable bonds is 4. The zero-order chi connectivity index (χ0) is 17.1. The SMILES string of the molecule is COc1ccc(C(=O)N2CCS[C@@H]2c2ccccc2F)c(OC)c1. The van der Waals surface area contributed by atoms with Gasteiger partial charge in [-0.15, -0.1) is 11.8 Å². The van der Waals surface area contributed by atoms with E-state index in [1.54, 1.807) is 60.2 Å². The van der Waals surface area contributed by atoms with E-state index in [2.05, 4.69) is 0 Å². The van der Waals surface area contributed by atoms with Gasteiger partial charge < -0.3 is 14.4 Å². The van der Waals surface area contributed by atoms with Crippen LogP contribution in [-0.4, -0.2) is 37.3 Å². The fourth-order valence-electron chi connectivity index (χ4n) is 2.74. The fraction of sp³-hybridized carbons (Fsp3) is 0.278. The highest BCUT2D eigenvalue weighted by molar-refractivity contribution is 7.99. The van der Waals surface area contributed by atoms with Crippen LogP contribution in [0.25, 0.3) is 0 Å². The number of ether oxygens (including phenoxy) is 2. The summed E-state index contributed by atoms with van der Waals surface area (Å²) >= 11 is 1.56. The topological polar surface area (TPSA) is 38.8 Å². The second-order valence-electron chi connectivity index (χ2n) is 5.31. The molecule has 24 heavy (non-hydrogen) atoms. The number of halogens is 1. The first-order valence-electron chi connectivity index (χ1n) is 7.54. The first kappa shape index (κ1) is 16.6. The summed E-state index contributed by atoms with van der Waals surface area (Å²) in [5, 5.41) is -0.328. The molecule has 6 heteroatoms. The van der Waals surface area contributed by atoms with Crippen LogP contribution in [0, 0.1) is 5.82 Å². The molecular formula is C18H18FNO3S. The quantitative estimate of drug-likeness (QED) is 0.845. The lowest BCUT2D eigenvalue weighted by molar-refractivity contribution is 0.0755. The Labute approximate surface area is 144 Å². The first-order chi connectivity index (χ1) is 11.7. The van der Waals surface area contributed by atoms with Gasteiger partial charge in [0.1, 0.15) is 22.7 Å². The Balaban J connectivity index is 1.93. The van der Waals surface area contributed by atoms with Crippen LogP contribution in [0.1, 0.15) is 21.3 Å². The van der Waals surface area contributed by atoms with Gasteiger partial charge in [0, 0.05) is 23.9 Å². The molecule has 1 atom stereocenters. The van der Waals surface area contributed by atoms with Crippen molar-refractivity contribution in [2.24, 2.45) is 0 Å². The maximum atomic E-state index is 14.1. The van der Waals surface area contributed by atoms with Crippen LogP contribution in [0.4, 0.5) is 4.39 Å². The van der Waals surface area contributed by atoms with Gasteiger partial charge in [0.25, 0.3) is 5.91 Å². The third-order valence-corrected chi connectivity index (χ3v) is 5.20. The van der Waals surface area contributed by atoms with E-state index in [0.717, 1.165) is 5.75 Å². The van der Waals surface area contributed by atoms with Crippen molar-refractivity contribution >= 4 is 17.7 Å². The molecule has 1 heterocycles. The third-order valence-electron chi connectivity index (χ3n) is 3.96. The summed E-state index contributed by atoms with van der Waals surface area (Å²) in [4.78, 5) is 14.7. The van der Waals surface area contributed by atoms with Gasteiger partial charge in [-0.3, -0.25) is 4.79 Å². The molecule has 0 saturated carbocycles.